The van der Waals surface area contributed by atoms with Gasteiger partial charge in [0, 0.05) is 11.4 Å². The molecule has 1 aliphatic heterocycles. The van der Waals surface area contributed by atoms with Crippen LogP contribution in [-0.4, -0.2) is 38.4 Å². The Bertz CT molecular complexity index is 912. The van der Waals surface area contributed by atoms with Crippen LogP contribution in [0.1, 0.15) is 38.2 Å². The standard InChI is InChI=1S/C22H28N2O3S/c1-3-17(2)20-11-7-8-12-21(20)23-15-22(25)24(18-9-5-4-6-10-18)19-13-14-28(26,27)16-19/h4-12,17,19,23H,3,13-16H2,1-2H3/t17-,19+/m0/s1. The maximum Gasteiger partial charge on any atom is 0.246 e. The lowest BCUT2D eigenvalue weighted by Gasteiger charge is -2.29. The molecular formula is C22H28N2O3S. The van der Waals surface area contributed by atoms with E-state index < -0.39 is 9.84 Å². The number of hydrogen-bond donors (Lipinski definition) is 1. The summed E-state index contributed by atoms with van der Waals surface area (Å²) in [6.45, 7) is 4.44. The number of anilines is 2. The zero-order chi connectivity index (χ0) is 20.1. The smallest absolute Gasteiger partial charge is 0.246 e. The maximum absolute atomic E-state index is 13.1. The first-order valence-corrected chi connectivity index (χ1v) is 11.6. The van der Waals surface area contributed by atoms with Crippen molar-refractivity contribution in [2.45, 2.75) is 38.6 Å². The molecular weight excluding hydrogens is 372 g/mol. The van der Waals surface area contributed by atoms with Gasteiger partial charge in [0.2, 0.25) is 5.91 Å². The van der Waals surface area contributed by atoms with E-state index >= 15 is 0 Å². The van der Waals surface area contributed by atoms with Gasteiger partial charge in [0.15, 0.2) is 9.84 Å². The van der Waals surface area contributed by atoms with Crippen LogP contribution >= 0.6 is 0 Å². The highest BCUT2D eigenvalue weighted by atomic mass is 32.2. The van der Waals surface area contributed by atoms with Crippen molar-refractivity contribution in [3.05, 3.63) is 60.2 Å². The van der Waals surface area contributed by atoms with Gasteiger partial charge >= 0.3 is 0 Å². The van der Waals surface area contributed by atoms with Crippen LogP contribution in [0.5, 0.6) is 0 Å². The van der Waals surface area contributed by atoms with E-state index in [1.807, 2.05) is 48.5 Å². The number of rotatable bonds is 7. The Kier molecular flexibility index (Phi) is 6.39. The molecule has 1 saturated heterocycles. The van der Waals surface area contributed by atoms with Crippen LogP contribution in [0, 0.1) is 0 Å². The fraction of sp³-hybridized carbons (Fsp3) is 0.409. The third-order valence-corrected chi connectivity index (χ3v) is 7.16. The van der Waals surface area contributed by atoms with Crippen LogP contribution in [0.25, 0.3) is 0 Å². The zero-order valence-electron chi connectivity index (χ0n) is 16.5. The van der Waals surface area contributed by atoms with Crippen molar-refractivity contribution in [1.29, 1.82) is 0 Å². The minimum absolute atomic E-state index is 0.0249. The summed E-state index contributed by atoms with van der Waals surface area (Å²) in [5, 5.41) is 3.28. The number of sulfone groups is 1. The monoisotopic (exact) mass is 400 g/mol. The lowest BCUT2D eigenvalue weighted by molar-refractivity contribution is -0.117. The van der Waals surface area contributed by atoms with E-state index in [2.05, 4.69) is 25.2 Å². The summed E-state index contributed by atoms with van der Waals surface area (Å²) in [7, 11) is -3.08. The highest BCUT2D eigenvalue weighted by molar-refractivity contribution is 7.91. The summed E-state index contributed by atoms with van der Waals surface area (Å²) in [6.07, 6.45) is 1.50. The first-order chi connectivity index (χ1) is 13.4. The van der Waals surface area contributed by atoms with E-state index in [4.69, 9.17) is 0 Å². The number of para-hydroxylation sites is 2. The summed E-state index contributed by atoms with van der Waals surface area (Å²) in [5.41, 5.74) is 2.89. The van der Waals surface area contributed by atoms with Crippen LogP contribution in [0.15, 0.2) is 54.6 Å². The molecule has 150 valence electrons. The van der Waals surface area contributed by atoms with Gasteiger partial charge in [-0.2, -0.15) is 0 Å². The number of carbonyl (C=O) groups is 1. The number of hydrogen-bond acceptors (Lipinski definition) is 4. The number of nitrogens with zero attached hydrogens (tertiary/aromatic N) is 1. The Morgan fingerprint density at radius 1 is 1.14 bits per heavy atom. The average molecular weight is 401 g/mol. The van der Waals surface area contributed by atoms with Crippen LogP contribution in [0.2, 0.25) is 0 Å². The molecule has 0 spiro atoms. The molecule has 3 rings (SSSR count). The van der Waals surface area contributed by atoms with Gasteiger partial charge in [-0.1, -0.05) is 50.2 Å². The molecule has 1 fully saturated rings. The molecule has 28 heavy (non-hydrogen) atoms. The molecule has 2 aromatic rings. The Morgan fingerprint density at radius 2 is 1.82 bits per heavy atom. The van der Waals surface area contributed by atoms with Crippen molar-refractivity contribution in [2.75, 3.05) is 28.3 Å². The highest BCUT2D eigenvalue weighted by Crippen LogP contribution is 2.27. The SMILES string of the molecule is CC[C@H](C)c1ccccc1NCC(=O)N(c1ccccc1)[C@@H]1CCS(=O)(=O)C1. The molecule has 1 aliphatic rings. The van der Waals surface area contributed by atoms with Crippen molar-refractivity contribution in [3.8, 4) is 0 Å². The second-order valence-corrected chi connectivity index (χ2v) is 9.63. The van der Waals surface area contributed by atoms with Crippen LogP contribution in [0.4, 0.5) is 11.4 Å². The molecule has 1 amide bonds. The molecule has 0 radical (unpaired) electrons. The van der Waals surface area contributed by atoms with Gasteiger partial charge in [-0.15, -0.1) is 0 Å². The summed E-state index contributed by atoms with van der Waals surface area (Å²) in [5.74, 6) is 0.437. The molecule has 6 heteroatoms. The van der Waals surface area contributed by atoms with Gasteiger partial charge in [0.25, 0.3) is 0 Å². The molecule has 5 nitrogen and oxygen atoms in total. The topological polar surface area (TPSA) is 66.5 Å². The van der Waals surface area contributed by atoms with Crippen LogP contribution < -0.4 is 10.2 Å². The van der Waals surface area contributed by atoms with Crippen LogP contribution in [-0.2, 0) is 14.6 Å². The van der Waals surface area contributed by atoms with E-state index in [1.165, 1.54) is 5.56 Å². The molecule has 2 aromatic carbocycles. The number of carbonyl (C=O) groups excluding carboxylic acids is 1. The summed E-state index contributed by atoms with van der Waals surface area (Å²) >= 11 is 0. The van der Waals surface area contributed by atoms with Crippen molar-refractivity contribution in [2.24, 2.45) is 0 Å². The van der Waals surface area contributed by atoms with E-state index in [9.17, 15) is 13.2 Å². The molecule has 0 unspecified atom stereocenters. The highest BCUT2D eigenvalue weighted by Gasteiger charge is 2.35. The quantitative estimate of drug-likeness (QED) is 0.767. The zero-order valence-corrected chi connectivity index (χ0v) is 17.3. The minimum Gasteiger partial charge on any atom is -0.376 e. The van der Waals surface area contributed by atoms with Gasteiger partial charge in [0.05, 0.1) is 24.1 Å². The normalized spacial score (nSPS) is 19.1. The van der Waals surface area contributed by atoms with E-state index in [0.717, 1.165) is 17.8 Å². The van der Waals surface area contributed by atoms with Gasteiger partial charge < -0.3 is 10.2 Å². The van der Waals surface area contributed by atoms with Crippen molar-refractivity contribution in [1.82, 2.24) is 0 Å². The van der Waals surface area contributed by atoms with Gasteiger partial charge in [-0.3, -0.25) is 4.79 Å². The largest absolute Gasteiger partial charge is 0.376 e. The minimum atomic E-state index is -3.08. The fourth-order valence-corrected chi connectivity index (χ4v) is 5.39. The van der Waals surface area contributed by atoms with E-state index in [0.29, 0.717) is 12.3 Å². The Balaban J connectivity index is 1.80. The predicted molar refractivity (Wildman–Crippen MR) is 115 cm³/mol. The lowest BCUT2D eigenvalue weighted by atomic mass is 9.97. The lowest BCUT2D eigenvalue weighted by Crippen LogP contribution is -2.44. The second kappa shape index (κ2) is 8.78. The van der Waals surface area contributed by atoms with Gasteiger partial charge in [0.1, 0.15) is 0 Å². The third kappa shape index (κ3) is 4.73. The summed E-state index contributed by atoms with van der Waals surface area (Å²) < 4.78 is 24.0. The third-order valence-electron chi connectivity index (χ3n) is 5.41. The molecule has 0 aromatic heterocycles. The number of benzene rings is 2. The van der Waals surface area contributed by atoms with Crippen molar-refractivity contribution in [3.63, 3.8) is 0 Å². The predicted octanol–water partition coefficient (Wildman–Crippen LogP) is 3.83. The average Bonchev–Trinajstić information content (AvgIpc) is 3.06. The van der Waals surface area contributed by atoms with Crippen molar-refractivity contribution < 1.29 is 13.2 Å². The molecule has 0 bridgehead atoms. The van der Waals surface area contributed by atoms with E-state index in [-0.39, 0.29) is 30.0 Å². The summed E-state index contributed by atoms with van der Waals surface area (Å²) in [6, 6.07) is 17.1. The first kappa shape index (κ1) is 20.4. The van der Waals surface area contributed by atoms with E-state index in [1.54, 1.807) is 4.90 Å². The molecule has 1 N–H and O–H groups in total. The van der Waals surface area contributed by atoms with Gasteiger partial charge in [-0.25, -0.2) is 8.42 Å². The van der Waals surface area contributed by atoms with Gasteiger partial charge in [-0.05, 0) is 42.5 Å². The Labute approximate surface area is 167 Å². The molecule has 1 heterocycles. The molecule has 2 atom stereocenters. The Morgan fingerprint density at radius 3 is 2.46 bits per heavy atom. The fourth-order valence-electron chi connectivity index (χ4n) is 3.69. The Hall–Kier alpha value is -2.34. The number of nitrogens with one attached hydrogen (secondary N) is 1. The molecule has 0 aliphatic carbocycles. The number of amides is 1. The van der Waals surface area contributed by atoms with Crippen LogP contribution in [0.3, 0.4) is 0 Å². The second-order valence-electron chi connectivity index (χ2n) is 7.41. The molecule has 0 saturated carbocycles. The summed E-state index contributed by atoms with van der Waals surface area (Å²) in [4.78, 5) is 14.8. The van der Waals surface area contributed by atoms with Crippen molar-refractivity contribution >= 4 is 27.1 Å². The maximum atomic E-state index is 13.1. The first-order valence-electron chi connectivity index (χ1n) is 9.81.